The fourth-order valence-corrected chi connectivity index (χ4v) is 2.31. The molecular weight excluding hydrogens is 266 g/mol. The smallest absolute Gasteiger partial charge is 0.225 e. The normalized spacial score (nSPS) is 14.8. The number of amides is 1. The van der Waals surface area contributed by atoms with Crippen molar-refractivity contribution >= 4 is 5.91 Å². The number of aromatic nitrogens is 3. The minimum Gasteiger partial charge on any atom is -0.352 e. The van der Waals surface area contributed by atoms with E-state index in [4.69, 9.17) is 0 Å². The Morgan fingerprint density at radius 2 is 2.24 bits per heavy atom. The van der Waals surface area contributed by atoms with Gasteiger partial charge in [0.2, 0.25) is 5.91 Å². The van der Waals surface area contributed by atoms with Crippen LogP contribution in [0, 0.1) is 19.8 Å². The van der Waals surface area contributed by atoms with Crippen LogP contribution in [0.25, 0.3) is 5.82 Å². The van der Waals surface area contributed by atoms with Crippen molar-refractivity contribution in [3.63, 3.8) is 0 Å². The lowest BCUT2D eigenvalue weighted by molar-refractivity contribution is -0.126. The van der Waals surface area contributed by atoms with Crippen molar-refractivity contribution in [3.05, 3.63) is 41.3 Å². The number of hydrogen-bond donors (Lipinski definition) is 2. The first-order chi connectivity index (χ1) is 10.1. The van der Waals surface area contributed by atoms with Crippen LogP contribution in [-0.4, -0.2) is 33.8 Å². The molecule has 0 saturated carbocycles. The second-order valence-electron chi connectivity index (χ2n) is 5.44. The Morgan fingerprint density at radius 3 is 2.76 bits per heavy atom. The maximum absolute atomic E-state index is 11.7. The van der Waals surface area contributed by atoms with Gasteiger partial charge in [-0.3, -0.25) is 4.79 Å². The van der Waals surface area contributed by atoms with E-state index in [9.17, 15) is 4.79 Å². The van der Waals surface area contributed by atoms with Crippen LogP contribution in [0.1, 0.15) is 17.0 Å². The van der Waals surface area contributed by atoms with Crippen LogP contribution in [-0.2, 0) is 11.3 Å². The molecule has 1 aliphatic heterocycles. The van der Waals surface area contributed by atoms with Crippen molar-refractivity contribution in [1.29, 1.82) is 0 Å². The molecule has 0 unspecified atom stereocenters. The van der Waals surface area contributed by atoms with E-state index in [1.807, 2.05) is 36.7 Å². The summed E-state index contributed by atoms with van der Waals surface area (Å²) in [5, 5.41) is 10.4. The van der Waals surface area contributed by atoms with Gasteiger partial charge in [0, 0.05) is 31.5 Å². The molecule has 0 spiro atoms. The molecule has 0 radical (unpaired) electrons. The monoisotopic (exact) mass is 285 g/mol. The van der Waals surface area contributed by atoms with Gasteiger partial charge in [-0.1, -0.05) is 6.07 Å². The van der Waals surface area contributed by atoms with Gasteiger partial charge in [0.1, 0.15) is 0 Å². The molecule has 1 fully saturated rings. The quantitative estimate of drug-likeness (QED) is 0.868. The number of aryl methyl sites for hydroxylation is 2. The van der Waals surface area contributed by atoms with E-state index in [-0.39, 0.29) is 11.8 Å². The molecule has 0 bridgehead atoms. The fraction of sp³-hybridized carbons (Fsp3) is 0.400. The maximum Gasteiger partial charge on any atom is 0.225 e. The van der Waals surface area contributed by atoms with Crippen LogP contribution in [0.4, 0.5) is 0 Å². The number of nitrogens with zero attached hydrogens (tertiary/aromatic N) is 3. The number of hydrogen-bond acceptors (Lipinski definition) is 4. The lowest BCUT2D eigenvalue weighted by atomic mass is 10.0. The van der Waals surface area contributed by atoms with Crippen molar-refractivity contribution in [1.82, 2.24) is 25.4 Å². The van der Waals surface area contributed by atoms with Crippen molar-refractivity contribution in [2.75, 3.05) is 13.1 Å². The Morgan fingerprint density at radius 1 is 1.43 bits per heavy atom. The molecule has 3 rings (SSSR count). The highest BCUT2D eigenvalue weighted by atomic mass is 16.2. The van der Waals surface area contributed by atoms with E-state index in [1.54, 1.807) is 6.20 Å². The molecule has 3 heterocycles. The summed E-state index contributed by atoms with van der Waals surface area (Å²) in [7, 11) is 0. The summed E-state index contributed by atoms with van der Waals surface area (Å²) in [4.78, 5) is 16.2. The van der Waals surface area contributed by atoms with Gasteiger partial charge in [-0.05, 0) is 31.5 Å². The summed E-state index contributed by atoms with van der Waals surface area (Å²) in [5.74, 6) is 1.02. The van der Waals surface area contributed by atoms with E-state index in [2.05, 4.69) is 20.7 Å². The van der Waals surface area contributed by atoms with Gasteiger partial charge in [-0.25, -0.2) is 9.67 Å². The molecule has 0 atom stereocenters. The summed E-state index contributed by atoms with van der Waals surface area (Å²) in [6, 6.07) is 5.91. The third-order valence-electron chi connectivity index (χ3n) is 3.65. The highest BCUT2D eigenvalue weighted by Gasteiger charge is 2.24. The van der Waals surface area contributed by atoms with Crippen LogP contribution in [0.5, 0.6) is 0 Å². The predicted octanol–water partition coefficient (Wildman–Crippen LogP) is 0.720. The van der Waals surface area contributed by atoms with E-state index >= 15 is 0 Å². The van der Waals surface area contributed by atoms with E-state index in [1.165, 1.54) is 0 Å². The second kappa shape index (κ2) is 5.65. The first kappa shape index (κ1) is 13.8. The van der Waals surface area contributed by atoms with Gasteiger partial charge >= 0.3 is 0 Å². The largest absolute Gasteiger partial charge is 0.352 e. The standard InChI is InChI=1S/C15H19N5O/c1-10-5-11(2)20(19-10)14-4-3-12(6-17-14)7-18-15(21)13-8-16-9-13/h3-6,13,16H,7-9H2,1-2H3,(H,18,21). The number of nitrogens with one attached hydrogen (secondary N) is 2. The zero-order chi connectivity index (χ0) is 14.8. The molecule has 110 valence electrons. The van der Waals surface area contributed by atoms with Crippen LogP contribution in [0.3, 0.4) is 0 Å². The average Bonchev–Trinajstić information content (AvgIpc) is 2.74. The fourth-order valence-electron chi connectivity index (χ4n) is 2.31. The van der Waals surface area contributed by atoms with E-state index < -0.39 is 0 Å². The van der Waals surface area contributed by atoms with Crippen LogP contribution in [0.2, 0.25) is 0 Å². The number of carbonyl (C=O) groups is 1. The van der Waals surface area contributed by atoms with Gasteiger partial charge in [-0.15, -0.1) is 0 Å². The second-order valence-corrected chi connectivity index (χ2v) is 5.44. The molecule has 1 saturated heterocycles. The lowest BCUT2D eigenvalue weighted by Gasteiger charge is -2.25. The number of carbonyl (C=O) groups excluding carboxylic acids is 1. The van der Waals surface area contributed by atoms with Crippen molar-refractivity contribution < 1.29 is 4.79 Å². The van der Waals surface area contributed by atoms with Gasteiger partial charge in [0.05, 0.1) is 11.6 Å². The zero-order valence-electron chi connectivity index (χ0n) is 12.3. The van der Waals surface area contributed by atoms with Crippen LogP contribution in [0.15, 0.2) is 24.4 Å². The van der Waals surface area contributed by atoms with Crippen molar-refractivity contribution in [2.24, 2.45) is 5.92 Å². The zero-order valence-corrected chi connectivity index (χ0v) is 12.3. The molecule has 2 aromatic heterocycles. The van der Waals surface area contributed by atoms with Crippen molar-refractivity contribution in [2.45, 2.75) is 20.4 Å². The Labute approximate surface area is 123 Å². The Bertz CT molecular complexity index is 643. The topological polar surface area (TPSA) is 71.8 Å². The molecule has 2 aromatic rings. The predicted molar refractivity (Wildman–Crippen MR) is 79.0 cm³/mol. The van der Waals surface area contributed by atoms with Gasteiger partial charge in [0.15, 0.2) is 5.82 Å². The average molecular weight is 285 g/mol. The lowest BCUT2D eigenvalue weighted by Crippen LogP contribution is -2.50. The molecular formula is C15H19N5O. The van der Waals surface area contributed by atoms with Crippen molar-refractivity contribution in [3.8, 4) is 5.82 Å². The van der Waals surface area contributed by atoms with Gasteiger partial charge in [-0.2, -0.15) is 5.10 Å². The summed E-state index contributed by atoms with van der Waals surface area (Å²) >= 11 is 0. The number of pyridine rings is 1. The molecule has 21 heavy (non-hydrogen) atoms. The summed E-state index contributed by atoms with van der Waals surface area (Å²) in [6.45, 7) is 6.03. The molecule has 6 heteroatoms. The maximum atomic E-state index is 11.7. The first-order valence-electron chi connectivity index (χ1n) is 7.10. The molecule has 1 aliphatic rings. The van der Waals surface area contributed by atoms with Crippen LogP contribution < -0.4 is 10.6 Å². The Hall–Kier alpha value is -2.21. The summed E-state index contributed by atoms with van der Waals surface area (Å²) in [6.07, 6.45) is 1.78. The molecule has 1 amide bonds. The van der Waals surface area contributed by atoms with E-state index in [0.717, 1.165) is 35.9 Å². The van der Waals surface area contributed by atoms with Crippen LogP contribution >= 0.6 is 0 Å². The molecule has 0 aromatic carbocycles. The molecule has 6 nitrogen and oxygen atoms in total. The highest BCUT2D eigenvalue weighted by Crippen LogP contribution is 2.10. The molecule has 2 N–H and O–H groups in total. The summed E-state index contributed by atoms with van der Waals surface area (Å²) in [5.41, 5.74) is 3.01. The highest BCUT2D eigenvalue weighted by molar-refractivity contribution is 5.79. The van der Waals surface area contributed by atoms with Gasteiger partial charge in [0.25, 0.3) is 0 Å². The Kier molecular flexibility index (Phi) is 3.70. The molecule has 0 aliphatic carbocycles. The minimum absolute atomic E-state index is 0.108. The minimum atomic E-state index is 0.108. The third-order valence-corrected chi connectivity index (χ3v) is 3.65. The SMILES string of the molecule is Cc1cc(C)n(-c2ccc(CNC(=O)C3CNC3)cn2)n1. The van der Waals surface area contributed by atoms with E-state index in [0.29, 0.717) is 6.54 Å². The van der Waals surface area contributed by atoms with Gasteiger partial charge < -0.3 is 10.6 Å². The Balaban J connectivity index is 1.64. The number of rotatable bonds is 4. The third kappa shape index (κ3) is 2.95. The summed E-state index contributed by atoms with van der Waals surface area (Å²) < 4.78 is 1.82. The first-order valence-corrected chi connectivity index (χ1v) is 7.10.